The van der Waals surface area contributed by atoms with Gasteiger partial charge in [-0.3, -0.25) is 0 Å². The Morgan fingerprint density at radius 3 is 2.29 bits per heavy atom. The van der Waals surface area contributed by atoms with Gasteiger partial charge in [0.1, 0.15) is 5.60 Å². The zero-order valence-electron chi connectivity index (χ0n) is 18.2. The summed E-state index contributed by atoms with van der Waals surface area (Å²) in [5.74, 6) is 0. The lowest BCUT2D eigenvalue weighted by molar-refractivity contribution is 0.0145. The molecule has 2 heterocycles. The Labute approximate surface area is 184 Å². The van der Waals surface area contributed by atoms with Crippen LogP contribution in [0.4, 0.5) is 4.79 Å². The van der Waals surface area contributed by atoms with Crippen LogP contribution in [0, 0.1) is 0 Å². The summed E-state index contributed by atoms with van der Waals surface area (Å²) < 4.78 is 57.4. The summed E-state index contributed by atoms with van der Waals surface area (Å²) >= 11 is 0. The van der Waals surface area contributed by atoms with Gasteiger partial charge < -0.3 is 9.64 Å². The molecule has 9 nitrogen and oxygen atoms in total. The fourth-order valence-corrected chi connectivity index (χ4v) is 6.70. The number of rotatable bonds is 4. The van der Waals surface area contributed by atoms with Crippen LogP contribution in [-0.4, -0.2) is 62.9 Å². The molecule has 31 heavy (non-hydrogen) atoms. The largest absolute Gasteiger partial charge is 0.444 e. The molecule has 0 radical (unpaired) electrons. The first kappa shape index (κ1) is 24.0. The van der Waals surface area contributed by atoms with Gasteiger partial charge in [-0.05, 0) is 64.7 Å². The summed E-state index contributed by atoms with van der Waals surface area (Å²) in [6.45, 7) is 6.22. The van der Waals surface area contributed by atoms with Gasteiger partial charge in [-0.15, -0.1) is 0 Å². The maximum atomic E-state index is 13.5. The molecular weight excluding hydrogens is 442 g/mol. The van der Waals surface area contributed by atoms with E-state index < -0.39 is 37.8 Å². The molecule has 2 N–H and O–H groups in total. The number of ether oxygens (including phenoxy) is 1. The van der Waals surface area contributed by atoms with E-state index in [0.717, 1.165) is 18.9 Å². The van der Waals surface area contributed by atoms with E-state index in [1.807, 2.05) is 0 Å². The molecule has 2 fully saturated rings. The molecule has 1 aromatic carbocycles. The summed E-state index contributed by atoms with van der Waals surface area (Å²) in [5, 5.41) is 5.18. The standard InChI is InChI=1S/C20H31N3O6S2/c1-20(2,3)29-19(24)22-12-7-11-17(22)18-10-4-5-13-23(18)31(27,28)16-9-6-8-15(14-16)30(21,25)26/h6,8-9,14,17-18H,4-5,7,10-13H2,1-3H3,(H2,21,25,26)/t17-,18+/m0/s1. The third-order valence-corrected chi connectivity index (χ3v) is 8.44. The summed E-state index contributed by atoms with van der Waals surface area (Å²) in [7, 11) is -8.02. The van der Waals surface area contributed by atoms with Crippen LogP contribution in [0.2, 0.25) is 0 Å². The van der Waals surface area contributed by atoms with Gasteiger partial charge in [-0.2, -0.15) is 4.31 Å². The molecule has 0 aliphatic carbocycles. The number of benzene rings is 1. The molecule has 1 amide bonds. The van der Waals surface area contributed by atoms with Crippen LogP contribution in [-0.2, 0) is 24.8 Å². The number of carbonyl (C=O) groups is 1. The second kappa shape index (κ2) is 8.68. The van der Waals surface area contributed by atoms with Crippen LogP contribution in [0.15, 0.2) is 34.1 Å². The molecule has 2 aliphatic rings. The second-order valence-corrected chi connectivity index (χ2v) is 12.5. The number of sulfonamides is 2. The second-order valence-electron chi connectivity index (χ2n) is 9.08. The van der Waals surface area contributed by atoms with Crippen LogP contribution in [0.3, 0.4) is 0 Å². The van der Waals surface area contributed by atoms with Crippen molar-refractivity contribution in [1.82, 2.24) is 9.21 Å². The van der Waals surface area contributed by atoms with Gasteiger partial charge in [0.05, 0.1) is 15.8 Å². The monoisotopic (exact) mass is 473 g/mol. The van der Waals surface area contributed by atoms with E-state index in [4.69, 9.17) is 9.88 Å². The predicted molar refractivity (Wildman–Crippen MR) is 115 cm³/mol. The zero-order valence-corrected chi connectivity index (χ0v) is 19.8. The Balaban J connectivity index is 1.92. The van der Waals surface area contributed by atoms with Gasteiger partial charge in [0.25, 0.3) is 0 Å². The van der Waals surface area contributed by atoms with Crippen LogP contribution < -0.4 is 5.14 Å². The smallest absolute Gasteiger partial charge is 0.410 e. The lowest BCUT2D eigenvalue weighted by Gasteiger charge is -2.41. The lowest BCUT2D eigenvalue weighted by atomic mass is 9.96. The Morgan fingerprint density at radius 1 is 1.00 bits per heavy atom. The van der Waals surface area contributed by atoms with Crippen LogP contribution >= 0.6 is 0 Å². The van der Waals surface area contributed by atoms with E-state index in [0.29, 0.717) is 32.4 Å². The van der Waals surface area contributed by atoms with E-state index >= 15 is 0 Å². The van der Waals surface area contributed by atoms with Crippen molar-refractivity contribution in [3.8, 4) is 0 Å². The van der Waals surface area contributed by atoms with Crippen molar-refractivity contribution in [1.29, 1.82) is 0 Å². The van der Waals surface area contributed by atoms with E-state index in [2.05, 4.69) is 0 Å². The Bertz CT molecular complexity index is 1030. The molecule has 0 spiro atoms. The number of hydrogen-bond acceptors (Lipinski definition) is 6. The highest BCUT2D eigenvalue weighted by molar-refractivity contribution is 7.90. The number of carbonyl (C=O) groups excluding carboxylic acids is 1. The van der Waals surface area contributed by atoms with Crippen molar-refractivity contribution in [3.05, 3.63) is 24.3 Å². The fraction of sp³-hybridized carbons (Fsp3) is 0.650. The molecule has 2 atom stereocenters. The molecule has 174 valence electrons. The van der Waals surface area contributed by atoms with Gasteiger partial charge in [0.15, 0.2) is 0 Å². The summed E-state index contributed by atoms with van der Waals surface area (Å²) in [5.41, 5.74) is -0.642. The Morgan fingerprint density at radius 2 is 1.65 bits per heavy atom. The average molecular weight is 474 g/mol. The van der Waals surface area contributed by atoms with Crippen LogP contribution in [0.25, 0.3) is 0 Å². The number of likely N-dealkylation sites (tertiary alicyclic amines) is 1. The molecule has 1 aromatic rings. The minimum absolute atomic E-state index is 0.118. The third-order valence-electron chi connectivity index (χ3n) is 5.61. The van der Waals surface area contributed by atoms with E-state index in [9.17, 15) is 21.6 Å². The van der Waals surface area contributed by atoms with E-state index in [1.54, 1.807) is 25.7 Å². The predicted octanol–water partition coefficient (Wildman–Crippen LogP) is 2.28. The number of nitrogens with zero attached hydrogens (tertiary/aromatic N) is 2. The van der Waals surface area contributed by atoms with Gasteiger partial charge in [0, 0.05) is 19.1 Å². The van der Waals surface area contributed by atoms with E-state index in [1.165, 1.54) is 22.5 Å². The van der Waals surface area contributed by atoms with Gasteiger partial charge >= 0.3 is 6.09 Å². The molecule has 3 rings (SSSR count). The van der Waals surface area contributed by atoms with Crippen molar-refractivity contribution < 1.29 is 26.4 Å². The average Bonchev–Trinajstić information content (AvgIpc) is 3.16. The molecule has 0 unspecified atom stereocenters. The number of amides is 1. The Kier molecular flexibility index (Phi) is 6.71. The first-order valence-corrected chi connectivity index (χ1v) is 13.4. The lowest BCUT2D eigenvalue weighted by Crippen LogP contribution is -2.55. The normalized spacial score (nSPS) is 23.7. The molecule has 2 aliphatic heterocycles. The molecular formula is C20H31N3O6S2. The van der Waals surface area contributed by atoms with Crippen LogP contribution in [0.1, 0.15) is 52.9 Å². The highest BCUT2D eigenvalue weighted by Gasteiger charge is 2.44. The van der Waals surface area contributed by atoms with Crippen molar-refractivity contribution in [3.63, 3.8) is 0 Å². The van der Waals surface area contributed by atoms with Gasteiger partial charge in [0.2, 0.25) is 20.0 Å². The number of primary sulfonamides is 1. The first-order valence-electron chi connectivity index (χ1n) is 10.4. The molecule has 11 heteroatoms. The summed E-state index contributed by atoms with van der Waals surface area (Å²) in [6.07, 6.45) is 3.20. The minimum atomic E-state index is -4.04. The van der Waals surface area contributed by atoms with Crippen LogP contribution in [0.5, 0.6) is 0 Å². The molecule has 0 bridgehead atoms. The number of nitrogens with two attached hydrogens (primary N) is 1. The first-order chi connectivity index (χ1) is 14.3. The highest BCUT2D eigenvalue weighted by atomic mass is 32.2. The van der Waals surface area contributed by atoms with Crippen molar-refractivity contribution >= 4 is 26.1 Å². The Hall–Kier alpha value is -1.69. The maximum absolute atomic E-state index is 13.5. The van der Waals surface area contributed by atoms with Crippen molar-refractivity contribution in [2.45, 2.75) is 80.4 Å². The molecule has 0 saturated carbocycles. The number of piperidine rings is 1. The highest BCUT2D eigenvalue weighted by Crippen LogP contribution is 2.34. The number of hydrogen-bond donors (Lipinski definition) is 1. The topological polar surface area (TPSA) is 127 Å². The molecule has 0 aromatic heterocycles. The summed E-state index contributed by atoms with van der Waals surface area (Å²) in [4.78, 5) is 14.0. The minimum Gasteiger partial charge on any atom is -0.444 e. The molecule has 2 saturated heterocycles. The van der Waals surface area contributed by atoms with Gasteiger partial charge in [-0.25, -0.2) is 26.8 Å². The van der Waals surface area contributed by atoms with E-state index in [-0.39, 0.29) is 15.8 Å². The summed E-state index contributed by atoms with van der Waals surface area (Å²) in [6, 6.07) is 4.42. The van der Waals surface area contributed by atoms with Crippen molar-refractivity contribution in [2.24, 2.45) is 5.14 Å². The zero-order chi connectivity index (χ0) is 23.0. The fourth-order valence-electron chi connectivity index (χ4n) is 4.30. The third kappa shape index (κ3) is 5.39. The quantitative estimate of drug-likeness (QED) is 0.715. The SMILES string of the molecule is CC(C)(C)OC(=O)N1CCC[C@H]1[C@H]1CCCCN1S(=O)(=O)c1cccc(S(N)(=O)=O)c1. The van der Waals surface area contributed by atoms with Gasteiger partial charge in [-0.1, -0.05) is 12.5 Å². The van der Waals surface area contributed by atoms with Crippen molar-refractivity contribution in [2.75, 3.05) is 13.1 Å². The maximum Gasteiger partial charge on any atom is 0.410 e.